The Morgan fingerprint density at radius 1 is 1.12 bits per heavy atom. The highest BCUT2D eigenvalue weighted by Gasteiger charge is 2.56. The summed E-state index contributed by atoms with van der Waals surface area (Å²) in [6.45, 7) is 7.96. The van der Waals surface area contributed by atoms with Crippen molar-refractivity contribution in [3.63, 3.8) is 0 Å². The molecule has 2 aliphatic carbocycles. The molecule has 3 aliphatic rings. The van der Waals surface area contributed by atoms with E-state index >= 15 is 0 Å². The van der Waals surface area contributed by atoms with Gasteiger partial charge in [-0.1, -0.05) is 6.42 Å². The molecule has 0 aromatic heterocycles. The van der Waals surface area contributed by atoms with Crippen LogP contribution in [0.1, 0.15) is 59.3 Å². The molecule has 0 aromatic rings. The number of carbonyl (C=O) groups excluding carboxylic acids is 2. The minimum absolute atomic E-state index is 0.206. The Morgan fingerprint density at radius 3 is 2.50 bits per heavy atom. The number of carbonyl (C=O) groups is 2. The molecule has 3 atom stereocenters. The van der Waals surface area contributed by atoms with Gasteiger partial charge < -0.3 is 15.0 Å². The number of nitrogens with zero attached hydrogens (tertiary/aromatic N) is 1. The summed E-state index contributed by atoms with van der Waals surface area (Å²) in [7, 11) is 0. The predicted octanol–water partition coefficient (Wildman–Crippen LogP) is 3.19. The van der Waals surface area contributed by atoms with Gasteiger partial charge in [0.2, 0.25) is 5.91 Å². The number of amides is 2. The molecular formula is C19H32N2O3. The van der Waals surface area contributed by atoms with E-state index in [4.69, 9.17) is 4.74 Å². The number of piperidine rings is 1. The van der Waals surface area contributed by atoms with E-state index in [1.165, 1.54) is 19.3 Å². The van der Waals surface area contributed by atoms with Crippen molar-refractivity contribution in [1.29, 1.82) is 0 Å². The quantitative estimate of drug-likeness (QED) is 0.858. The Balaban J connectivity index is 1.36. The number of likely N-dealkylation sites (tertiary alicyclic amines) is 1. The number of hydrogen-bond acceptors (Lipinski definition) is 3. The van der Waals surface area contributed by atoms with E-state index in [2.05, 4.69) is 5.32 Å². The van der Waals surface area contributed by atoms with Gasteiger partial charge in [-0.05, 0) is 70.6 Å². The highest BCUT2D eigenvalue weighted by atomic mass is 16.6. The first-order valence-corrected chi connectivity index (χ1v) is 9.61. The van der Waals surface area contributed by atoms with Crippen LogP contribution in [0.2, 0.25) is 0 Å². The maximum atomic E-state index is 12.2. The van der Waals surface area contributed by atoms with Crippen molar-refractivity contribution in [3.8, 4) is 0 Å². The monoisotopic (exact) mass is 336 g/mol. The SMILES string of the molecule is CC(C)(C)OC(=O)N1CCC[C@H](CCNC(=O)C2[C@@H]3CCC[C@@H]23)C1. The fourth-order valence-electron chi connectivity index (χ4n) is 4.52. The Labute approximate surface area is 145 Å². The summed E-state index contributed by atoms with van der Waals surface area (Å²) in [4.78, 5) is 26.2. The second-order valence-corrected chi connectivity index (χ2v) is 8.80. The lowest BCUT2D eigenvalue weighted by Gasteiger charge is -2.34. The second-order valence-electron chi connectivity index (χ2n) is 8.80. The molecule has 0 unspecified atom stereocenters. The first kappa shape index (κ1) is 17.6. The molecule has 24 heavy (non-hydrogen) atoms. The molecule has 1 saturated heterocycles. The van der Waals surface area contributed by atoms with Crippen LogP contribution in [-0.4, -0.2) is 42.1 Å². The summed E-state index contributed by atoms with van der Waals surface area (Å²) in [5, 5.41) is 3.13. The van der Waals surface area contributed by atoms with Gasteiger partial charge in [0.25, 0.3) is 0 Å². The van der Waals surface area contributed by atoms with Crippen molar-refractivity contribution in [2.45, 2.75) is 64.9 Å². The second kappa shape index (κ2) is 6.93. The van der Waals surface area contributed by atoms with Crippen LogP contribution in [0.15, 0.2) is 0 Å². The molecule has 5 nitrogen and oxygen atoms in total. The molecule has 3 fully saturated rings. The van der Waals surface area contributed by atoms with Crippen LogP contribution < -0.4 is 5.32 Å². The molecule has 3 rings (SSSR count). The van der Waals surface area contributed by atoms with E-state index in [1.54, 1.807) is 0 Å². The van der Waals surface area contributed by atoms with Crippen LogP contribution in [0.25, 0.3) is 0 Å². The van der Waals surface area contributed by atoms with Gasteiger partial charge in [0, 0.05) is 25.6 Å². The summed E-state index contributed by atoms with van der Waals surface area (Å²) in [5.41, 5.74) is -0.444. The molecule has 0 bridgehead atoms. The van der Waals surface area contributed by atoms with Gasteiger partial charge >= 0.3 is 6.09 Å². The van der Waals surface area contributed by atoms with Gasteiger partial charge in [-0.25, -0.2) is 4.79 Å². The van der Waals surface area contributed by atoms with E-state index in [9.17, 15) is 9.59 Å². The third-order valence-corrected chi connectivity index (χ3v) is 5.73. The number of ether oxygens (including phenoxy) is 1. The van der Waals surface area contributed by atoms with Crippen molar-refractivity contribution in [2.24, 2.45) is 23.7 Å². The standard InChI is InChI=1S/C19H32N2O3/c1-19(2,3)24-18(23)21-11-5-6-13(12-21)9-10-20-17(22)16-14-7-4-8-15(14)16/h13-16H,4-12H2,1-3H3,(H,20,22)/t13-,14-,15-/m1/s1. The lowest BCUT2D eigenvalue weighted by Crippen LogP contribution is -2.43. The van der Waals surface area contributed by atoms with Gasteiger partial charge in [-0.3, -0.25) is 4.79 Å². The van der Waals surface area contributed by atoms with E-state index in [1.807, 2.05) is 25.7 Å². The first-order valence-electron chi connectivity index (χ1n) is 9.61. The summed E-state index contributed by atoms with van der Waals surface area (Å²) >= 11 is 0. The molecule has 2 saturated carbocycles. The molecule has 136 valence electrons. The zero-order valence-electron chi connectivity index (χ0n) is 15.3. The van der Waals surface area contributed by atoms with Crippen molar-refractivity contribution in [1.82, 2.24) is 10.2 Å². The van der Waals surface area contributed by atoms with Crippen LogP contribution in [0.3, 0.4) is 0 Å². The fraction of sp³-hybridized carbons (Fsp3) is 0.895. The molecule has 1 aliphatic heterocycles. The summed E-state index contributed by atoms with van der Waals surface area (Å²) in [6, 6.07) is 0. The normalized spacial score (nSPS) is 32.2. The van der Waals surface area contributed by atoms with Crippen molar-refractivity contribution in [3.05, 3.63) is 0 Å². The molecule has 1 heterocycles. The van der Waals surface area contributed by atoms with Crippen molar-refractivity contribution < 1.29 is 14.3 Å². The predicted molar refractivity (Wildman–Crippen MR) is 92.5 cm³/mol. The Bertz CT molecular complexity index is 475. The lowest BCUT2D eigenvalue weighted by molar-refractivity contribution is -0.123. The van der Waals surface area contributed by atoms with Gasteiger partial charge in [0.1, 0.15) is 5.60 Å². The van der Waals surface area contributed by atoms with E-state index in [0.29, 0.717) is 23.7 Å². The Kier molecular flexibility index (Phi) is 5.07. The van der Waals surface area contributed by atoms with Gasteiger partial charge in [0.05, 0.1) is 0 Å². The molecular weight excluding hydrogens is 304 g/mol. The average Bonchev–Trinajstić information content (AvgIpc) is 2.99. The molecule has 0 aromatic carbocycles. The summed E-state index contributed by atoms with van der Waals surface area (Å²) in [6.07, 6.45) is 6.69. The van der Waals surface area contributed by atoms with Crippen LogP contribution in [0.5, 0.6) is 0 Å². The summed E-state index contributed by atoms with van der Waals surface area (Å²) < 4.78 is 5.47. The maximum absolute atomic E-state index is 12.2. The lowest BCUT2D eigenvalue weighted by atomic mass is 9.95. The van der Waals surface area contributed by atoms with Crippen LogP contribution in [0, 0.1) is 23.7 Å². The highest BCUT2D eigenvalue weighted by molar-refractivity contribution is 5.82. The number of fused-ring (bicyclic) bond motifs is 1. The minimum atomic E-state index is -0.444. The molecule has 0 spiro atoms. The molecule has 5 heteroatoms. The first-order chi connectivity index (χ1) is 11.3. The summed E-state index contributed by atoms with van der Waals surface area (Å²) in [5.74, 6) is 2.41. The van der Waals surface area contributed by atoms with Gasteiger partial charge in [-0.15, -0.1) is 0 Å². The van der Waals surface area contributed by atoms with E-state index in [0.717, 1.165) is 38.9 Å². The highest BCUT2D eigenvalue weighted by Crippen LogP contribution is 2.57. The molecule has 0 radical (unpaired) electrons. The average molecular weight is 336 g/mol. The Hall–Kier alpha value is -1.26. The smallest absolute Gasteiger partial charge is 0.410 e. The number of nitrogens with one attached hydrogen (secondary N) is 1. The van der Waals surface area contributed by atoms with Crippen molar-refractivity contribution >= 4 is 12.0 Å². The maximum Gasteiger partial charge on any atom is 0.410 e. The number of rotatable bonds is 4. The molecule has 1 N–H and O–H groups in total. The minimum Gasteiger partial charge on any atom is -0.444 e. The van der Waals surface area contributed by atoms with E-state index in [-0.39, 0.29) is 12.0 Å². The zero-order valence-corrected chi connectivity index (χ0v) is 15.3. The number of hydrogen-bond donors (Lipinski definition) is 1. The Morgan fingerprint density at radius 2 is 1.83 bits per heavy atom. The van der Waals surface area contributed by atoms with Crippen LogP contribution >= 0.6 is 0 Å². The van der Waals surface area contributed by atoms with Crippen molar-refractivity contribution in [2.75, 3.05) is 19.6 Å². The van der Waals surface area contributed by atoms with Crippen LogP contribution in [-0.2, 0) is 9.53 Å². The van der Waals surface area contributed by atoms with Gasteiger partial charge in [0.15, 0.2) is 0 Å². The topological polar surface area (TPSA) is 58.6 Å². The van der Waals surface area contributed by atoms with Crippen LogP contribution in [0.4, 0.5) is 4.79 Å². The third-order valence-electron chi connectivity index (χ3n) is 5.73. The molecule has 2 amide bonds. The van der Waals surface area contributed by atoms with Gasteiger partial charge in [-0.2, -0.15) is 0 Å². The fourth-order valence-corrected chi connectivity index (χ4v) is 4.52. The van der Waals surface area contributed by atoms with E-state index < -0.39 is 5.60 Å². The zero-order chi connectivity index (χ0) is 17.3. The largest absolute Gasteiger partial charge is 0.444 e. The third kappa shape index (κ3) is 4.22.